The molecule has 1 unspecified atom stereocenters. The molecule has 2 heterocycles. The maximum atomic E-state index is 4.11. The zero-order chi connectivity index (χ0) is 13.1. The van der Waals surface area contributed by atoms with E-state index in [1.165, 1.54) is 17.3 Å². The fourth-order valence-electron chi connectivity index (χ4n) is 2.59. The number of hydrogen-bond acceptors (Lipinski definition) is 1. The van der Waals surface area contributed by atoms with Gasteiger partial charge in [0.25, 0.3) is 0 Å². The van der Waals surface area contributed by atoms with Gasteiger partial charge in [0.05, 0.1) is 6.33 Å². The van der Waals surface area contributed by atoms with Gasteiger partial charge in [0, 0.05) is 37.2 Å². The molecule has 1 atom stereocenters. The topological polar surface area (TPSA) is 22.8 Å². The van der Waals surface area contributed by atoms with Gasteiger partial charge in [0.15, 0.2) is 0 Å². The van der Waals surface area contributed by atoms with E-state index in [1.54, 1.807) is 0 Å². The summed E-state index contributed by atoms with van der Waals surface area (Å²) in [4.78, 5) is 4.11. The molecule has 2 aromatic heterocycles. The maximum Gasteiger partial charge on any atom is 0.0946 e. The fourth-order valence-corrected chi connectivity index (χ4v) is 2.59. The van der Waals surface area contributed by atoms with Gasteiger partial charge >= 0.3 is 0 Å². The fraction of sp³-hybridized carbons (Fsp3) is 0.312. The zero-order valence-electron chi connectivity index (χ0n) is 11.2. The monoisotopic (exact) mass is 253 g/mol. The summed E-state index contributed by atoms with van der Waals surface area (Å²) in [6, 6.07) is 10.8. The molecular formula is C16H19N3. The van der Waals surface area contributed by atoms with Gasteiger partial charge < -0.3 is 9.13 Å². The number of benzene rings is 1. The molecule has 3 nitrogen and oxygen atoms in total. The van der Waals surface area contributed by atoms with Crippen molar-refractivity contribution in [2.24, 2.45) is 5.92 Å². The summed E-state index contributed by atoms with van der Waals surface area (Å²) in [5, 5.41) is 1.32. The van der Waals surface area contributed by atoms with Crippen LogP contribution in [0.15, 0.2) is 55.2 Å². The highest BCUT2D eigenvalue weighted by atomic mass is 15.0. The molecule has 19 heavy (non-hydrogen) atoms. The molecule has 1 aromatic carbocycles. The number of rotatable bonds is 5. The Bertz CT molecular complexity index is 637. The number of imidazole rings is 1. The molecule has 0 N–H and O–H groups in total. The van der Waals surface area contributed by atoms with E-state index in [4.69, 9.17) is 0 Å². The molecule has 0 radical (unpaired) electrons. The second-order valence-corrected chi connectivity index (χ2v) is 5.06. The molecule has 0 bridgehead atoms. The Morgan fingerprint density at radius 3 is 2.79 bits per heavy atom. The second-order valence-electron chi connectivity index (χ2n) is 5.06. The van der Waals surface area contributed by atoms with Crippen molar-refractivity contribution in [1.82, 2.24) is 14.1 Å². The summed E-state index contributed by atoms with van der Waals surface area (Å²) >= 11 is 0. The van der Waals surface area contributed by atoms with E-state index in [2.05, 4.69) is 57.6 Å². The van der Waals surface area contributed by atoms with Gasteiger partial charge in [0.1, 0.15) is 0 Å². The number of para-hydroxylation sites is 1. The van der Waals surface area contributed by atoms with Crippen molar-refractivity contribution in [2.75, 3.05) is 0 Å². The standard InChI is InChI=1S/C16H19N3/c1-2-14(11-18-10-8-17-13-18)12-19-9-7-15-5-3-4-6-16(15)19/h3-10,13-14H,2,11-12H2,1H3. The number of aromatic nitrogens is 3. The molecule has 0 aliphatic heterocycles. The SMILES string of the molecule is CCC(Cn1ccnc1)Cn1ccc2ccccc21. The molecule has 0 spiro atoms. The number of hydrogen-bond donors (Lipinski definition) is 0. The van der Waals surface area contributed by atoms with Crippen LogP contribution >= 0.6 is 0 Å². The lowest BCUT2D eigenvalue weighted by Gasteiger charge is -2.17. The van der Waals surface area contributed by atoms with Gasteiger partial charge in [-0.05, 0) is 29.9 Å². The Morgan fingerprint density at radius 1 is 1.11 bits per heavy atom. The number of fused-ring (bicyclic) bond motifs is 1. The summed E-state index contributed by atoms with van der Waals surface area (Å²) in [6.07, 6.45) is 9.15. The molecule has 0 aliphatic rings. The third-order valence-corrected chi connectivity index (χ3v) is 3.74. The van der Waals surface area contributed by atoms with Crippen LogP contribution in [0.3, 0.4) is 0 Å². The molecule has 0 fully saturated rings. The van der Waals surface area contributed by atoms with Crippen LogP contribution in [0.2, 0.25) is 0 Å². The van der Waals surface area contributed by atoms with Crippen LogP contribution in [0.25, 0.3) is 10.9 Å². The van der Waals surface area contributed by atoms with E-state index in [-0.39, 0.29) is 0 Å². The predicted octanol–water partition coefficient (Wildman–Crippen LogP) is 3.56. The quantitative estimate of drug-likeness (QED) is 0.681. The highest BCUT2D eigenvalue weighted by Gasteiger charge is 2.09. The minimum Gasteiger partial charge on any atom is -0.347 e. The van der Waals surface area contributed by atoms with Crippen LogP contribution in [0.1, 0.15) is 13.3 Å². The summed E-state index contributed by atoms with van der Waals surface area (Å²) in [5.41, 5.74) is 1.33. The van der Waals surface area contributed by atoms with Gasteiger partial charge in [0.2, 0.25) is 0 Å². The highest BCUT2D eigenvalue weighted by molar-refractivity contribution is 5.79. The Balaban J connectivity index is 1.78. The van der Waals surface area contributed by atoms with Gasteiger partial charge in [-0.25, -0.2) is 4.98 Å². The summed E-state index contributed by atoms with van der Waals surface area (Å²) in [6.45, 7) is 4.35. The Morgan fingerprint density at radius 2 is 2.00 bits per heavy atom. The normalized spacial score (nSPS) is 12.9. The summed E-state index contributed by atoms with van der Waals surface area (Å²) < 4.78 is 4.53. The third kappa shape index (κ3) is 2.55. The minimum atomic E-state index is 0.630. The largest absolute Gasteiger partial charge is 0.347 e. The van der Waals surface area contributed by atoms with Crippen molar-refractivity contribution in [3.63, 3.8) is 0 Å². The minimum absolute atomic E-state index is 0.630. The maximum absolute atomic E-state index is 4.11. The molecule has 0 saturated carbocycles. The molecule has 3 aromatic rings. The first-order valence-corrected chi connectivity index (χ1v) is 6.86. The van der Waals surface area contributed by atoms with E-state index < -0.39 is 0 Å². The molecule has 3 heteroatoms. The van der Waals surface area contributed by atoms with E-state index in [1.807, 2.05) is 18.7 Å². The number of nitrogens with zero attached hydrogens (tertiary/aromatic N) is 3. The van der Waals surface area contributed by atoms with E-state index in [9.17, 15) is 0 Å². The van der Waals surface area contributed by atoms with Gasteiger partial charge in [-0.3, -0.25) is 0 Å². The van der Waals surface area contributed by atoms with Crippen molar-refractivity contribution in [3.05, 3.63) is 55.2 Å². The van der Waals surface area contributed by atoms with Crippen molar-refractivity contribution in [1.29, 1.82) is 0 Å². The molecule has 98 valence electrons. The van der Waals surface area contributed by atoms with E-state index in [0.29, 0.717) is 5.92 Å². The van der Waals surface area contributed by atoms with Crippen LogP contribution in [0.4, 0.5) is 0 Å². The summed E-state index contributed by atoms with van der Waals surface area (Å²) in [7, 11) is 0. The first-order chi connectivity index (χ1) is 9.36. The Kier molecular flexibility index (Phi) is 3.36. The van der Waals surface area contributed by atoms with Gasteiger partial charge in [-0.2, -0.15) is 0 Å². The lowest BCUT2D eigenvalue weighted by molar-refractivity contribution is 0.379. The lowest BCUT2D eigenvalue weighted by Crippen LogP contribution is -2.15. The molecular weight excluding hydrogens is 234 g/mol. The van der Waals surface area contributed by atoms with Crippen LogP contribution in [0, 0.1) is 5.92 Å². The van der Waals surface area contributed by atoms with Crippen molar-refractivity contribution in [3.8, 4) is 0 Å². The molecule has 0 amide bonds. The van der Waals surface area contributed by atoms with Crippen LogP contribution in [-0.2, 0) is 13.1 Å². The second kappa shape index (κ2) is 5.31. The average Bonchev–Trinajstić information content (AvgIpc) is 3.08. The van der Waals surface area contributed by atoms with Crippen LogP contribution < -0.4 is 0 Å². The Hall–Kier alpha value is -2.03. The van der Waals surface area contributed by atoms with E-state index in [0.717, 1.165) is 13.1 Å². The zero-order valence-corrected chi connectivity index (χ0v) is 11.2. The third-order valence-electron chi connectivity index (χ3n) is 3.74. The van der Waals surface area contributed by atoms with E-state index >= 15 is 0 Å². The Labute approximate surface area is 113 Å². The highest BCUT2D eigenvalue weighted by Crippen LogP contribution is 2.18. The summed E-state index contributed by atoms with van der Waals surface area (Å²) in [5.74, 6) is 0.630. The van der Waals surface area contributed by atoms with Crippen LogP contribution in [0.5, 0.6) is 0 Å². The van der Waals surface area contributed by atoms with Gasteiger partial charge in [-0.15, -0.1) is 0 Å². The average molecular weight is 253 g/mol. The van der Waals surface area contributed by atoms with Gasteiger partial charge in [-0.1, -0.05) is 25.1 Å². The van der Waals surface area contributed by atoms with Crippen LogP contribution in [-0.4, -0.2) is 14.1 Å². The molecule has 3 rings (SSSR count). The van der Waals surface area contributed by atoms with Crippen molar-refractivity contribution >= 4 is 10.9 Å². The van der Waals surface area contributed by atoms with Crippen molar-refractivity contribution in [2.45, 2.75) is 26.4 Å². The first kappa shape index (κ1) is 12.0. The lowest BCUT2D eigenvalue weighted by atomic mass is 10.1. The van der Waals surface area contributed by atoms with Crippen molar-refractivity contribution < 1.29 is 0 Å². The molecule has 0 aliphatic carbocycles. The smallest absolute Gasteiger partial charge is 0.0946 e. The molecule has 0 saturated heterocycles. The predicted molar refractivity (Wildman–Crippen MR) is 77.9 cm³/mol. The first-order valence-electron chi connectivity index (χ1n) is 6.86.